The largest absolute Gasteiger partial charge is 0.342 e. The Morgan fingerprint density at radius 2 is 1.45 bits per heavy atom. The number of hydrogen-bond acceptors (Lipinski definition) is 2. The quantitative estimate of drug-likeness (QED) is 0.535. The van der Waals surface area contributed by atoms with E-state index in [1.165, 1.54) is 0 Å². The van der Waals surface area contributed by atoms with E-state index in [0.717, 1.165) is 22.4 Å². The highest BCUT2D eigenvalue weighted by molar-refractivity contribution is 5.80. The van der Waals surface area contributed by atoms with Gasteiger partial charge >= 0.3 is 0 Å². The predicted octanol–water partition coefficient (Wildman–Crippen LogP) is 4.49. The Labute approximate surface area is 170 Å². The van der Waals surface area contributed by atoms with Crippen molar-refractivity contribution in [2.75, 3.05) is 0 Å². The van der Waals surface area contributed by atoms with Gasteiger partial charge in [-0.3, -0.25) is 4.79 Å². The molecule has 0 fully saturated rings. The fourth-order valence-electron chi connectivity index (χ4n) is 3.55. The summed E-state index contributed by atoms with van der Waals surface area (Å²) in [5.41, 5.74) is 3.43. The molecule has 0 aliphatic carbocycles. The third-order valence-corrected chi connectivity index (χ3v) is 5.16. The van der Waals surface area contributed by atoms with Crippen molar-refractivity contribution in [2.45, 2.75) is 18.9 Å². The van der Waals surface area contributed by atoms with Gasteiger partial charge < -0.3 is 5.32 Å². The minimum Gasteiger partial charge on any atom is -0.342 e. The van der Waals surface area contributed by atoms with Crippen LogP contribution < -0.4 is 5.32 Å². The summed E-state index contributed by atoms with van der Waals surface area (Å²) in [7, 11) is 0. The Kier molecular flexibility index (Phi) is 5.25. The second kappa shape index (κ2) is 8.15. The number of carbonyl (C=O) groups is 1. The first kappa shape index (κ1) is 18.7. The molecule has 0 bridgehead atoms. The number of amides is 1. The summed E-state index contributed by atoms with van der Waals surface area (Å²) in [6.07, 6.45) is 3.96. The third kappa shape index (κ3) is 4.11. The van der Waals surface area contributed by atoms with E-state index in [4.69, 9.17) is 0 Å². The molecule has 1 amide bonds. The van der Waals surface area contributed by atoms with Gasteiger partial charge in [0.05, 0.1) is 17.6 Å². The molecule has 1 aromatic heterocycles. The van der Waals surface area contributed by atoms with Crippen molar-refractivity contribution in [2.24, 2.45) is 0 Å². The first-order valence-corrected chi connectivity index (χ1v) is 9.66. The number of nitrogens with zero attached hydrogens (tertiary/aromatic N) is 2. The van der Waals surface area contributed by atoms with Crippen LogP contribution in [0.2, 0.25) is 0 Å². The van der Waals surface area contributed by atoms with Crippen molar-refractivity contribution in [3.63, 3.8) is 0 Å². The molecule has 1 N–H and O–H groups in total. The number of benzene rings is 3. The number of hydrogen-bond donors (Lipinski definition) is 1. The molecule has 0 atom stereocenters. The lowest BCUT2D eigenvalue weighted by Gasteiger charge is -2.32. The van der Waals surface area contributed by atoms with Crippen LogP contribution in [0.3, 0.4) is 0 Å². The van der Waals surface area contributed by atoms with Gasteiger partial charge in [-0.05, 0) is 41.8 Å². The monoisotopic (exact) mass is 381 g/mol. The van der Waals surface area contributed by atoms with Gasteiger partial charge in [0.2, 0.25) is 5.91 Å². The van der Waals surface area contributed by atoms with Gasteiger partial charge in [0.25, 0.3) is 0 Å². The van der Waals surface area contributed by atoms with E-state index in [2.05, 4.69) is 17.3 Å². The molecule has 0 radical (unpaired) electrons. The van der Waals surface area contributed by atoms with Gasteiger partial charge in [0.15, 0.2) is 0 Å². The molecular weight excluding hydrogens is 358 g/mol. The fraction of sp³-hybridized carbons (Fsp3) is 0.120. The first-order valence-electron chi connectivity index (χ1n) is 9.66. The minimum absolute atomic E-state index is 0.0213. The summed E-state index contributed by atoms with van der Waals surface area (Å²) < 4.78 is 1.80. The van der Waals surface area contributed by atoms with Crippen LogP contribution in [0.4, 0.5) is 0 Å². The van der Waals surface area contributed by atoms with Gasteiger partial charge in [0, 0.05) is 12.4 Å². The lowest BCUT2D eigenvalue weighted by molar-refractivity contribution is -0.121. The van der Waals surface area contributed by atoms with Crippen molar-refractivity contribution >= 4 is 5.91 Å². The Morgan fingerprint density at radius 3 is 1.97 bits per heavy atom. The maximum absolute atomic E-state index is 13.0. The number of nitrogens with one attached hydrogen (secondary N) is 1. The Hall–Kier alpha value is -3.66. The molecule has 29 heavy (non-hydrogen) atoms. The maximum Gasteiger partial charge on any atom is 0.225 e. The van der Waals surface area contributed by atoms with Crippen LogP contribution in [0.5, 0.6) is 0 Å². The summed E-state index contributed by atoms with van der Waals surface area (Å²) in [5.74, 6) is -0.0213. The zero-order valence-corrected chi connectivity index (χ0v) is 16.3. The molecule has 0 aliphatic heterocycles. The highest BCUT2D eigenvalue weighted by atomic mass is 16.1. The van der Waals surface area contributed by atoms with Crippen molar-refractivity contribution in [3.05, 3.63) is 120 Å². The van der Waals surface area contributed by atoms with E-state index >= 15 is 0 Å². The Bertz CT molecular complexity index is 1020. The number of rotatable bonds is 6. The summed E-state index contributed by atoms with van der Waals surface area (Å²) >= 11 is 0. The third-order valence-electron chi connectivity index (χ3n) is 5.16. The van der Waals surface area contributed by atoms with Crippen molar-refractivity contribution in [1.29, 1.82) is 0 Å². The van der Waals surface area contributed by atoms with Crippen LogP contribution in [0.25, 0.3) is 5.69 Å². The van der Waals surface area contributed by atoms with Crippen LogP contribution >= 0.6 is 0 Å². The van der Waals surface area contributed by atoms with Gasteiger partial charge in [-0.2, -0.15) is 5.10 Å². The normalized spacial score (nSPS) is 11.2. The predicted molar refractivity (Wildman–Crippen MR) is 115 cm³/mol. The van der Waals surface area contributed by atoms with E-state index in [1.807, 2.05) is 97.2 Å². The second-order valence-electron chi connectivity index (χ2n) is 7.20. The zero-order chi connectivity index (χ0) is 20.1. The first-order chi connectivity index (χ1) is 14.1. The van der Waals surface area contributed by atoms with Crippen LogP contribution in [0.15, 0.2) is 103 Å². The molecule has 0 saturated heterocycles. The van der Waals surface area contributed by atoms with E-state index in [-0.39, 0.29) is 5.91 Å². The van der Waals surface area contributed by atoms with Gasteiger partial charge in [0.1, 0.15) is 0 Å². The molecule has 0 aliphatic rings. The summed E-state index contributed by atoms with van der Waals surface area (Å²) in [5, 5.41) is 7.49. The van der Waals surface area contributed by atoms with Crippen LogP contribution in [-0.4, -0.2) is 15.7 Å². The van der Waals surface area contributed by atoms with E-state index in [9.17, 15) is 4.79 Å². The number of carbonyl (C=O) groups excluding carboxylic acids is 1. The molecule has 4 heteroatoms. The van der Waals surface area contributed by atoms with Crippen LogP contribution in [0, 0.1) is 0 Å². The highest BCUT2D eigenvalue weighted by Gasteiger charge is 2.30. The SMILES string of the molecule is CC(NC(=O)Cc1ccc(-n2cccn2)cc1)(c1ccccc1)c1ccccc1. The Balaban J connectivity index is 1.54. The maximum atomic E-state index is 13.0. The van der Waals surface area contributed by atoms with Gasteiger partial charge in [-0.15, -0.1) is 0 Å². The average Bonchev–Trinajstić information content (AvgIpc) is 3.30. The van der Waals surface area contributed by atoms with Gasteiger partial charge in [-0.25, -0.2) is 4.68 Å². The topological polar surface area (TPSA) is 46.9 Å². The van der Waals surface area contributed by atoms with Crippen LogP contribution in [0.1, 0.15) is 23.6 Å². The summed E-state index contributed by atoms with van der Waals surface area (Å²) in [4.78, 5) is 13.0. The Morgan fingerprint density at radius 1 is 0.862 bits per heavy atom. The van der Waals surface area contributed by atoms with Gasteiger partial charge in [-0.1, -0.05) is 72.8 Å². The van der Waals surface area contributed by atoms with E-state index < -0.39 is 5.54 Å². The van der Waals surface area contributed by atoms with Crippen molar-refractivity contribution < 1.29 is 4.79 Å². The smallest absolute Gasteiger partial charge is 0.225 e. The summed E-state index contributed by atoms with van der Waals surface area (Å²) in [6, 6.07) is 29.9. The lowest BCUT2D eigenvalue weighted by atomic mass is 9.84. The standard InChI is InChI=1S/C25H23N3O/c1-25(21-9-4-2-5-10-21,22-11-6-3-7-12-22)27-24(29)19-20-13-15-23(16-14-20)28-18-8-17-26-28/h2-18H,19H2,1H3,(H,27,29). The molecule has 4 rings (SSSR count). The fourth-order valence-corrected chi connectivity index (χ4v) is 3.55. The molecule has 0 spiro atoms. The average molecular weight is 381 g/mol. The zero-order valence-electron chi connectivity index (χ0n) is 16.3. The molecule has 1 heterocycles. The lowest BCUT2D eigenvalue weighted by Crippen LogP contribution is -2.45. The second-order valence-corrected chi connectivity index (χ2v) is 7.20. The van der Waals surface area contributed by atoms with Crippen molar-refractivity contribution in [1.82, 2.24) is 15.1 Å². The molecule has 144 valence electrons. The van der Waals surface area contributed by atoms with E-state index in [1.54, 1.807) is 10.9 Å². The number of aromatic nitrogens is 2. The molecule has 4 nitrogen and oxygen atoms in total. The van der Waals surface area contributed by atoms with Crippen LogP contribution in [-0.2, 0) is 16.8 Å². The molecule has 0 saturated carbocycles. The minimum atomic E-state index is -0.603. The molecule has 3 aromatic carbocycles. The molecule has 0 unspecified atom stereocenters. The van der Waals surface area contributed by atoms with Crippen molar-refractivity contribution in [3.8, 4) is 5.69 Å². The molecular formula is C25H23N3O. The molecule has 4 aromatic rings. The summed E-state index contributed by atoms with van der Waals surface area (Å²) in [6.45, 7) is 2.05. The van der Waals surface area contributed by atoms with E-state index in [0.29, 0.717) is 6.42 Å². The highest BCUT2D eigenvalue weighted by Crippen LogP contribution is 2.29.